The maximum Gasteiger partial charge on any atom is 0.274 e. The number of nitrogens with one attached hydrogen (secondary N) is 1. The van der Waals surface area contributed by atoms with Crippen LogP contribution >= 0.6 is 11.6 Å². The van der Waals surface area contributed by atoms with Gasteiger partial charge in [0.1, 0.15) is 5.69 Å². The molecule has 0 atom stereocenters. The summed E-state index contributed by atoms with van der Waals surface area (Å²) in [5.74, 6) is -0.224. The van der Waals surface area contributed by atoms with Crippen LogP contribution in [0.2, 0.25) is 5.02 Å². The van der Waals surface area contributed by atoms with E-state index in [2.05, 4.69) is 15.2 Å². The summed E-state index contributed by atoms with van der Waals surface area (Å²) in [6.07, 6.45) is 4.08. The van der Waals surface area contributed by atoms with Crippen LogP contribution in [0.5, 0.6) is 0 Å². The second-order valence-electron chi connectivity index (χ2n) is 5.06. The van der Waals surface area contributed by atoms with Gasteiger partial charge in [0.05, 0.1) is 0 Å². The molecule has 21 heavy (non-hydrogen) atoms. The third-order valence-electron chi connectivity index (χ3n) is 3.53. The van der Waals surface area contributed by atoms with Crippen molar-refractivity contribution >= 4 is 28.9 Å². The molecule has 1 amide bonds. The molecule has 1 aromatic heterocycles. The zero-order chi connectivity index (χ0) is 14.7. The number of nitrogens with zero attached hydrogens (tertiary/aromatic N) is 2. The van der Waals surface area contributed by atoms with E-state index in [-0.39, 0.29) is 5.91 Å². The van der Waals surface area contributed by atoms with Crippen molar-refractivity contribution in [3.63, 3.8) is 0 Å². The van der Waals surface area contributed by atoms with Gasteiger partial charge in [-0.2, -0.15) is 0 Å². The van der Waals surface area contributed by atoms with E-state index in [4.69, 9.17) is 11.6 Å². The van der Waals surface area contributed by atoms with Crippen molar-refractivity contribution in [1.82, 2.24) is 4.98 Å². The molecule has 0 saturated carbocycles. The topological polar surface area (TPSA) is 45.2 Å². The molecular formula is C16H16ClN3O. The zero-order valence-electron chi connectivity index (χ0n) is 11.6. The SMILES string of the molecule is O=C(Nc1cccc(Cl)c1)c1cc(N2CCCC2)ccn1. The van der Waals surface area contributed by atoms with Crippen LogP contribution in [0.3, 0.4) is 0 Å². The molecule has 5 heteroatoms. The van der Waals surface area contributed by atoms with E-state index >= 15 is 0 Å². The lowest BCUT2D eigenvalue weighted by Gasteiger charge is -2.17. The first-order valence-corrected chi connectivity index (χ1v) is 7.38. The van der Waals surface area contributed by atoms with Gasteiger partial charge < -0.3 is 10.2 Å². The number of halogens is 1. The van der Waals surface area contributed by atoms with Gasteiger partial charge in [-0.15, -0.1) is 0 Å². The lowest BCUT2D eigenvalue weighted by Crippen LogP contribution is -2.19. The van der Waals surface area contributed by atoms with Crippen LogP contribution < -0.4 is 10.2 Å². The fourth-order valence-corrected chi connectivity index (χ4v) is 2.67. The highest BCUT2D eigenvalue weighted by Crippen LogP contribution is 2.21. The largest absolute Gasteiger partial charge is 0.371 e. The minimum atomic E-state index is -0.224. The van der Waals surface area contributed by atoms with E-state index in [1.165, 1.54) is 12.8 Å². The van der Waals surface area contributed by atoms with Crippen LogP contribution in [0.15, 0.2) is 42.6 Å². The zero-order valence-corrected chi connectivity index (χ0v) is 12.3. The third-order valence-corrected chi connectivity index (χ3v) is 3.76. The monoisotopic (exact) mass is 301 g/mol. The molecule has 1 aliphatic heterocycles. The number of hydrogen-bond acceptors (Lipinski definition) is 3. The number of carbonyl (C=O) groups excluding carboxylic acids is 1. The molecule has 3 rings (SSSR count). The normalized spacial score (nSPS) is 14.2. The van der Waals surface area contributed by atoms with Crippen molar-refractivity contribution in [3.05, 3.63) is 53.3 Å². The first-order chi connectivity index (χ1) is 10.2. The Morgan fingerprint density at radius 1 is 1.19 bits per heavy atom. The average Bonchev–Trinajstić information content (AvgIpc) is 3.02. The maximum absolute atomic E-state index is 12.3. The lowest BCUT2D eigenvalue weighted by atomic mass is 10.2. The predicted octanol–water partition coefficient (Wildman–Crippen LogP) is 3.59. The summed E-state index contributed by atoms with van der Waals surface area (Å²) >= 11 is 5.91. The number of rotatable bonds is 3. The summed E-state index contributed by atoms with van der Waals surface area (Å²) in [6.45, 7) is 2.08. The Balaban J connectivity index is 1.76. The van der Waals surface area contributed by atoms with Gasteiger partial charge in [-0.3, -0.25) is 9.78 Å². The van der Waals surface area contributed by atoms with E-state index < -0.39 is 0 Å². The van der Waals surface area contributed by atoms with Gasteiger partial charge >= 0.3 is 0 Å². The number of pyridine rings is 1. The molecule has 0 unspecified atom stereocenters. The quantitative estimate of drug-likeness (QED) is 0.942. The van der Waals surface area contributed by atoms with Gasteiger partial charge in [-0.25, -0.2) is 0 Å². The molecule has 0 radical (unpaired) electrons. The Morgan fingerprint density at radius 2 is 2.00 bits per heavy atom. The van der Waals surface area contributed by atoms with Crippen LogP contribution in [-0.2, 0) is 0 Å². The van der Waals surface area contributed by atoms with E-state index in [0.29, 0.717) is 16.4 Å². The molecular weight excluding hydrogens is 286 g/mol. The number of amides is 1. The van der Waals surface area contributed by atoms with Crippen LogP contribution in [-0.4, -0.2) is 24.0 Å². The molecule has 4 nitrogen and oxygen atoms in total. The van der Waals surface area contributed by atoms with Gasteiger partial charge in [-0.1, -0.05) is 17.7 Å². The summed E-state index contributed by atoms with van der Waals surface area (Å²) in [4.78, 5) is 18.7. The number of carbonyl (C=O) groups is 1. The van der Waals surface area contributed by atoms with E-state index in [1.54, 1.807) is 30.5 Å². The maximum atomic E-state index is 12.3. The summed E-state index contributed by atoms with van der Waals surface area (Å²) < 4.78 is 0. The Bertz CT molecular complexity index is 653. The molecule has 0 aliphatic carbocycles. The predicted molar refractivity (Wildman–Crippen MR) is 85.1 cm³/mol. The molecule has 1 N–H and O–H groups in total. The molecule has 108 valence electrons. The first-order valence-electron chi connectivity index (χ1n) is 7.00. The van der Waals surface area contributed by atoms with E-state index in [1.807, 2.05) is 12.1 Å². The molecule has 2 aromatic rings. The molecule has 1 aliphatic rings. The van der Waals surface area contributed by atoms with E-state index in [0.717, 1.165) is 18.8 Å². The fourth-order valence-electron chi connectivity index (χ4n) is 2.48. The van der Waals surface area contributed by atoms with Crippen LogP contribution in [0, 0.1) is 0 Å². The Kier molecular flexibility index (Phi) is 4.06. The summed E-state index contributed by atoms with van der Waals surface area (Å²) in [5, 5.41) is 3.40. The molecule has 1 aromatic carbocycles. The van der Waals surface area contributed by atoms with Crippen molar-refractivity contribution in [3.8, 4) is 0 Å². The summed E-state index contributed by atoms with van der Waals surface area (Å²) in [7, 11) is 0. The Labute approximate surface area is 128 Å². The standard InChI is InChI=1S/C16H16ClN3O/c17-12-4-3-5-13(10-12)19-16(21)15-11-14(6-7-18-15)20-8-1-2-9-20/h3-7,10-11H,1-2,8-9H2,(H,19,21). The summed E-state index contributed by atoms with van der Waals surface area (Å²) in [5.41, 5.74) is 2.14. The fraction of sp³-hybridized carbons (Fsp3) is 0.250. The lowest BCUT2D eigenvalue weighted by molar-refractivity contribution is 0.102. The van der Waals surface area contributed by atoms with Crippen molar-refractivity contribution in [2.24, 2.45) is 0 Å². The minimum Gasteiger partial charge on any atom is -0.371 e. The second-order valence-corrected chi connectivity index (χ2v) is 5.49. The Morgan fingerprint density at radius 3 is 2.76 bits per heavy atom. The van der Waals surface area contributed by atoms with E-state index in [9.17, 15) is 4.79 Å². The van der Waals surface area contributed by atoms with Crippen molar-refractivity contribution < 1.29 is 4.79 Å². The van der Waals surface area contributed by atoms with Crippen molar-refractivity contribution in [2.45, 2.75) is 12.8 Å². The van der Waals surface area contributed by atoms with Gasteiger partial charge in [0.2, 0.25) is 0 Å². The number of aromatic nitrogens is 1. The minimum absolute atomic E-state index is 0.224. The average molecular weight is 302 g/mol. The van der Waals surface area contributed by atoms with Crippen molar-refractivity contribution in [2.75, 3.05) is 23.3 Å². The smallest absolute Gasteiger partial charge is 0.274 e. The number of anilines is 2. The highest BCUT2D eigenvalue weighted by molar-refractivity contribution is 6.30. The van der Waals surface area contributed by atoms with Gasteiger partial charge in [0.25, 0.3) is 5.91 Å². The second kappa shape index (κ2) is 6.14. The number of hydrogen-bond donors (Lipinski definition) is 1. The van der Waals surface area contributed by atoms with Gasteiger partial charge in [0.15, 0.2) is 0 Å². The highest BCUT2D eigenvalue weighted by Gasteiger charge is 2.15. The third kappa shape index (κ3) is 3.34. The first kappa shape index (κ1) is 13.9. The molecule has 0 spiro atoms. The molecule has 0 bridgehead atoms. The number of benzene rings is 1. The molecule has 2 heterocycles. The van der Waals surface area contributed by atoms with Crippen LogP contribution in [0.4, 0.5) is 11.4 Å². The van der Waals surface area contributed by atoms with Crippen LogP contribution in [0.25, 0.3) is 0 Å². The molecule has 1 saturated heterocycles. The van der Waals surface area contributed by atoms with Crippen molar-refractivity contribution in [1.29, 1.82) is 0 Å². The molecule has 1 fully saturated rings. The summed E-state index contributed by atoms with van der Waals surface area (Å²) in [6, 6.07) is 10.9. The van der Waals surface area contributed by atoms with Crippen LogP contribution in [0.1, 0.15) is 23.3 Å². The highest BCUT2D eigenvalue weighted by atomic mass is 35.5. The van der Waals surface area contributed by atoms with Gasteiger partial charge in [-0.05, 0) is 43.2 Å². The van der Waals surface area contributed by atoms with Gasteiger partial charge in [0, 0.05) is 35.7 Å². The Hall–Kier alpha value is -2.07.